The smallest absolute Gasteiger partial charge is 0.149 e. The molecule has 0 radical (unpaired) electrons. The molecule has 1 fully saturated rings. The quantitative estimate of drug-likeness (QED) is 0.633. The fourth-order valence-corrected chi connectivity index (χ4v) is 2.06. The Labute approximate surface area is 74.8 Å². The van der Waals surface area contributed by atoms with Crippen molar-refractivity contribution in [3.63, 3.8) is 0 Å². The van der Waals surface area contributed by atoms with Crippen molar-refractivity contribution in [3.05, 3.63) is 0 Å². The lowest BCUT2D eigenvalue weighted by Crippen LogP contribution is -2.36. The third kappa shape index (κ3) is 2.15. The van der Waals surface area contributed by atoms with Crippen molar-refractivity contribution in [3.8, 4) is 0 Å². The Hall–Kier alpha value is -0.130. The Balaban J connectivity index is 2.54. The first-order chi connectivity index (χ1) is 5.11. The van der Waals surface area contributed by atoms with E-state index >= 15 is 0 Å². The lowest BCUT2D eigenvalue weighted by Gasteiger charge is -2.18. The van der Waals surface area contributed by atoms with Gasteiger partial charge >= 0.3 is 0 Å². The van der Waals surface area contributed by atoms with E-state index in [1.165, 1.54) is 18.7 Å². The average molecular weight is 191 g/mol. The van der Waals surface area contributed by atoms with Gasteiger partial charge in [0, 0.05) is 5.75 Å². The molecular weight excluding hydrogens is 182 g/mol. The Morgan fingerprint density at radius 3 is 3.00 bits per heavy atom. The van der Waals surface area contributed by atoms with Gasteiger partial charge in [-0.2, -0.15) is 0 Å². The van der Waals surface area contributed by atoms with Crippen LogP contribution in [0.2, 0.25) is 0 Å². The van der Waals surface area contributed by atoms with Crippen molar-refractivity contribution >= 4 is 34.1 Å². The first-order valence-corrected chi connectivity index (χ1v) is 4.61. The number of nitrogens with zero attached hydrogens (tertiary/aromatic N) is 1. The molecule has 0 bridgehead atoms. The number of carbonyl (C=O) groups is 1. The van der Waals surface area contributed by atoms with E-state index < -0.39 is 6.23 Å². The van der Waals surface area contributed by atoms with Gasteiger partial charge in [0.05, 0.1) is 6.54 Å². The zero-order valence-electron chi connectivity index (χ0n) is 6.11. The third-order valence-corrected chi connectivity index (χ3v) is 2.88. The predicted octanol–water partition coefficient (Wildman–Crippen LogP) is 0.228. The molecule has 1 aliphatic heterocycles. The lowest BCUT2D eigenvalue weighted by atomic mass is 10.4. The van der Waals surface area contributed by atoms with Crippen molar-refractivity contribution in [2.75, 3.05) is 12.3 Å². The van der Waals surface area contributed by atoms with E-state index in [4.69, 9.17) is 12.2 Å². The second kappa shape index (κ2) is 3.51. The number of aliphatic hydroxyl groups is 1. The van der Waals surface area contributed by atoms with Crippen LogP contribution in [0.4, 0.5) is 0 Å². The Morgan fingerprint density at radius 1 is 2.00 bits per heavy atom. The largest absolute Gasteiger partial charge is 0.373 e. The second-order valence-corrected chi connectivity index (χ2v) is 4.04. The molecule has 0 aromatic carbocycles. The summed E-state index contributed by atoms with van der Waals surface area (Å²) in [5, 5.41) is 9.27. The molecule has 1 rings (SSSR count). The second-order valence-electron chi connectivity index (χ2n) is 2.39. The summed E-state index contributed by atoms with van der Waals surface area (Å²) < 4.78 is 0.618. The van der Waals surface area contributed by atoms with Crippen LogP contribution in [0.1, 0.15) is 6.92 Å². The summed E-state index contributed by atoms with van der Waals surface area (Å²) in [5.41, 5.74) is 0. The number of aliphatic hydroxyl groups excluding tert-OH is 1. The summed E-state index contributed by atoms with van der Waals surface area (Å²) in [4.78, 5) is 12.2. The summed E-state index contributed by atoms with van der Waals surface area (Å²) >= 11 is 6.32. The van der Waals surface area contributed by atoms with Crippen LogP contribution >= 0.6 is 24.0 Å². The van der Waals surface area contributed by atoms with E-state index in [0.717, 1.165) is 0 Å². The molecule has 0 aromatic rings. The highest BCUT2D eigenvalue weighted by Gasteiger charge is 2.27. The molecule has 0 aliphatic carbocycles. The topological polar surface area (TPSA) is 40.5 Å². The zero-order chi connectivity index (χ0) is 8.43. The molecule has 1 saturated heterocycles. The number of Topliss-reactive ketones (excluding diaryl/α,β-unsaturated/α-hetero) is 1. The molecule has 0 amide bonds. The van der Waals surface area contributed by atoms with E-state index in [1.807, 2.05) is 0 Å². The van der Waals surface area contributed by atoms with Crippen molar-refractivity contribution in [2.45, 2.75) is 13.2 Å². The summed E-state index contributed by atoms with van der Waals surface area (Å²) in [6.07, 6.45) is -0.573. The van der Waals surface area contributed by atoms with Crippen molar-refractivity contribution in [1.82, 2.24) is 4.90 Å². The minimum atomic E-state index is -0.573. The van der Waals surface area contributed by atoms with Gasteiger partial charge in [0.1, 0.15) is 16.3 Å². The first-order valence-electron chi connectivity index (χ1n) is 3.22. The monoisotopic (exact) mass is 191 g/mol. The lowest BCUT2D eigenvalue weighted by molar-refractivity contribution is -0.118. The van der Waals surface area contributed by atoms with Gasteiger partial charge in [-0.1, -0.05) is 24.0 Å². The van der Waals surface area contributed by atoms with Crippen LogP contribution < -0.4 is 0 Å². The normalized spacial score (nSPS) is 24.4. The fraction of sp³-hybridized carbons (Fsp3) is 0.667. The van der Waals surface area contributed by atoms with Crippen LogP contribution in [0, 0.1) is 0 Å². The zero-order valence-corrected chi connectivity index (χ0v) is 7.74. The fourth-order valence-electron chi connectivity index (χ4n) is 0.850. The van der Waals surface area contributed by atoms with Crippen molar-refractivity contribution < 1.29 is 9.90 Å². The van der Waals surface area contributed by atoms with E-state index in [-0.39, 0.29) is 12.3 Å². The number of thiocarbonyl (C=S) groups is 1. The molecule has 0 saturated carbocycles. The van der Waals surface area contributed by atoms with Gasteiger partial charge in [-0.15, -0.1) is 0 Å². The van der Waals surface area contributed by atoms with E-state index in [2.05, 4.69) is 0 Å². The molecule has 1 aliphatic rings. The molecule has 1 N–H and O–H groups in total. The summed E-state index contributed by atoms with van der Waals surface area (Å²) in [5.74, 6) is 0.598. The third-order valence-electron chi connectivity index (χ3n) is 1.34. The van der Waals surface area contributed by atoms with Gasteiger partial charge < -0.3 is 10.0 Å². The summed E-state index contributed by atoms with van der Waals surface area (Å²) in [6.45, 7) is 1.71. The molecule has 1 atom stereocenters. The highest BCUT2D eigenvalue weighted by Crippen LogP contribution is 2.21. The van der Waals surface area contributed by atoms with Crippen LogP contribution in [-0.2, 0) is 4.79 Å². The van der Waals surface area contributed by atoms with Gasteiger partial charge in [0.15, 0.2) is 0 Å². The maximum absolute atomic E-state index is 10.7. The van der Waals surface area contributed by atoms with Crippen LogP contribution in [0.15, 0.2) is 0 Å². The molecule has 1 unspecified atom stereocenters. The van der Waals surface area contributed by atoms with E-state index in [0.29, 0.717) is 10.1 Å². The Morgan fingerprint density at radius 2 is 2.64 bits per heavy atom. The number of ketones is 1. The standard InChI is InChI=1S/C6H9NO2S2/c1-4(8)2-7-5(9)3-11-6(7)10/h5,9H,2-3H2,1H3. The van der Waals surface area contributed by atoms with Gasteiger partial charge in [-0.05, 0) is 6.92 Å². The molecular formula is C6H9NO2S2. The highest BCUT2D eigenvalue weighted by atomic mass is 32.2. The number of carbonyl (C=O) groups excluding carboxylic acids is 1. The first kappa shape index (κ1) is 8.96. The predicted molar refractivity (Wildman–Crippen MR) is 48.4 cm³/mol. The minimum Gasteiger partial charge on any atom is -0.373 e. The number of thioether (sulfide) groups is 1. The Kier molecular flexibility index (Phi) is 2.86. The summed E-state index contributed by atoms with van der Waals surface area (Å²) in [6, 6.07) is 0. The van der Waals surface area contributed by atoms with Crippen LogP contribution in [0.5, 0.6) is 0 Å². The van der Waals surface area contributed by atoms with Crippen LogP contribution in [-0.4, -0.2) is 38.6 Å². The molecule has 62 valence electrons. The van der Waals surface area contributed by atoms with Gasteiger partial charge in [0.25, 0.3) is 0 Å². The number of hydrogen-bond donors (Lipinski definition) is 1. The Bertz CT molecular complexity index is 195. The van der Waals surface area contributed by atoms with Gasteiger partial charge in [-0.25, -0.2) is 0 Å². The van der Waals surface area contributed by atoms with Gasteiger partial charge in [-0.3, -0.25) is 4.79 Å². The molecule has 3 nitrogen and oxygen atoms in total. The van der Waals surface area contributed by atoms with Crippen molar-refractivity contribution in [1.29, 1.82) is 0 Å². The number of hydrogen-bond acceptors (Lipinski definition) is 4. The minimum absolute atomic E-state index is 0.0221. The molecule has 0 spiro atoms. The average Bonchev–Trinajstić information content (AvgIpc) is 2.18. The molecule has 5 heteroatoms. The molecule has 1 heterocycles. The highest BCUT2D eigenvalue weighted by molar-refractivity contribution is 8.23. The molecule has 0 aromatic heterocycles. The van der Waals surface area contributed by atoms with Crippen LogP contribution in [0.25, 0.3) is 0 Å². The SMILES string of the molecule is CC(=O)CN1C(=S)SCC1O. The summed E-state index contributed by atoms with van der Waals surface area (Å²) in [7, 11) is 0. The van der Waals surface area contributed by atoms with Crippen molar-refractivity contribution in [2.24, 2.45) is 0 Å². The van der Waals surface area contributed by atoms with Gasteiger partial charge in [0.2, 0.25) is 0 Å². The van der Waals surface area contributed by atoms with Crippen LogP contribution in [0.3, 0.4) is 0 Å². The van der Waals surface area contributed by atoms with E-state index in [1.54, 1.807) is 4.90 Å². The number of rotatable bonds is 2. The molecule has 11 heavy (non-hydrogen) atoms. The maximum Gasteiger partial charge on any atom is 0.149 e. The maximum atomic E-state index is 10.7. The van der Waals surface area contributed by atoms with E-state index in [9.17, 15) is 9.90 Å².